The normalized spacial score (nSPS) is 15.5. The molecule has 1 aliphatic rings. The van der Waals surface area contributed by atoms with Crippen LogP contribution in [-0.2, 0) is 11.3 Å². The average molecular weight is 477 g/mol. The Labute approximate surface area is 206 Å². The van der Waals surface area contributed by atoms with Gasteiger partial charge in [-0.25, -0.2) is 0 Å². The molecule has 0 radical (unpaired) electrons. The Kier molecular flexibility index (Phi) is 7.70. The van der Waals surface area contributed by atoms with Crippen molar-refractivity contribution < 1.29 is 18.8 Å². The molecule has 4 rings (SSSR count). The Hall–Kier alpha value is -3.81. The molecule has 0 unspecified atom stereocenters. The van der Waals surface area contributed by atoms with Crippen LogP contribution in [0.4, 0.5) is 5.69 Å². The van der Waals surface area contributed by atoms with Gasteiger partial charge in [-0.15, -0.1) is 6.58 Å². The van der Waals surface area contributed by atoms with Gasteiger partial charge >= 0.3 is 0 Å². The molecule has 2 aromatic carbocycles. The Balaban J connectivity index is 1.46. The average Bonchev–Trinajstić information content (AvgIpc) is 3.36. The van der Waals surface area contributed by atoms with E-state index in [4.69, 9.17) is 14.0 Å². The van der Waals surface area contributed by atoms with E-state index in [0.717, 1.165) is 30.6 Å². The second-order valence-corrected chi connectivity index (χ2v) is 8.71. The van der Waals surface area contributed by atoms with Crippen molar-refractivity contribution in [3.05, 3.63) is 66.6 Å². The molecule has 8 heteroatoms. The van der Waals surface area contributed by atoms with Crippen LogP contribution in [0.25, 0.3) is 11.4 Å². The highest BCUT2D eigenvalue weighted by atomic mass is 16.5. The first-order valence-electron chi connectivity index (χ1n) is 11.8. The van der Waals surface area contributed by atoms with Crippen LogP contribution in [-0.4, -0.2) is 54.8 Å². The van der Waals surface area contributed by atoms with Crippen LogP contribution in [0.2, 0.25) is 0 Å². The van der Waals surface area contributed by atoms with Crippen molar-refractivity contribution in [1.82, 2.24) is 15.0 Å². The van der Waals surface area contributed by atoms with Gasteiger partial charge in [-0.05, 0) is 50.1 Å². The fourth-order valence-electron chi connectivity index (χ4n) is 4.39. The van der Waals surface area contributed by atoms with Crippen LogP contribution in [0.5, 0.6) is 11.5 Å². The topological polar surface area (TPSA) is 80.9 Å². The first kappa shape index (κ1) is 24.3. The monoisotopic (exact) mass is 476 g/mol. The number of aryl methyl sites for hydroxylation is 1. The molecule has 0 aliphatic carbocycles. The molecule has 0 bridgehead atoms. The molecule has 184 valence electrons. The molecule has 1 atom stereocenters. The Morgan fingerprint density at radius 1 is 1.20 bits per heavy atom. The predicted molar refractivity (Wildman–Crippen MR) is 135 cm³/mol. The first-order valence-corrected chi connectivity index (χ1v) is 11.8. The van der Waals surface area contributed by atoms with Crippen LogP contribution in [0.1, 0.15) is 24.3 Å². The SMILES string of the molecule is C=CCN(Cc1nc(-c2ccc(OC)c(OC)c2)no1)C(=O)[C@H]1CCCN(c2ccc(C)cc2)C1. The smallest absolute Gasteiger partial charge is 0.246 e. The summed E-state index contributed by atoms with van der Waals surface area (Å²) in [4.78, 5) is 22.0. The highest BCUT2D eigenvalue weighted by Crippen LogP contribution is 2.31. The van der Waals surface area contributed by atoms with Crippen LogP contribution in [0.15, 0.2) is 59.6 Å². The molecule has 8 nitrogen and oxygen atoms in total. The Morgan fingerprint density at radius 2 is 1.97 bits per heavy atom. The van der Waals surface area contributed by atoms with Crippen molar-refractivity contribution in [2.45, 2.75) is 26.3 Å². The molecule has 1 aliphatic heterocycles. The summed E-state index contributed by atoms with van der Waals surface area (Å²) in [6.07, 6.45) is 3.55. The van der Waals surface area contributed by atoms with E-state index in [9.17, 15) is 4.79 Å². The van der Waals surface area contributed by atoms with Crippen molar-refractivity contribution in [3.63, 3.8) is 0 Å². The summed E-state index contributed by atoms with van der Waals surface area (Å²) < 4.78 is 16.2. The first-order chi connectivity index (χ1) is 17.0. The maximum absolute atomic E-state index is 13.5. The lowest BCUT2D eigenvalue weighted by Gasteiger charge is -2.35. The van der Waals surface area contributed by atoms with E-state index in [1.165, 1.54) is 5.56 Å². The lowest BCUT2D eigenvalue weighted by molar-refractivity contribution is -0.136. The van der Waals surface area contributed by atoms with Crippen LogP contribution < -0.4 is 14.4 Å². The molecule has 35 heavy (non-hydrogen) atoms. The fourth-order valence-corrected chi connectivity index (χ4v) is 4.39. The Morgan fingerprint density at radius 3 is 2.69 bits per heavy atom. The number of ether oxygens (including phenoxy) is 2. The maximum Gasteiger partial charge on any atom is 0.246 e. The van der Waals surface area contributed by atoms with Gasteiger partial charge in [-0.1, -0.05) is 28.9 Å². The van der Waals surface area contributed by atoms with E-state index >= 15 is 0 Å². The number of benzene rings is 2. The van der Waals surface area contributed by atoms with E-state index in [-0.39, 0.29) is 18.4 Å². The predicted octanol–water partition coefficient (Wildman–Crippen LogP) is 4.49. The minimum Gasteiger partial charge on any atom is -0.493 e. The van der Waals surface area contributed by atoms with Crippen LogP contribution >= 0.6 is 0 Å². The number of aromatic nitrogens is 2. The molecule has 1 saturated heterocycles. The number of hydrogen-bond donors (Lipinski definition) is 0. The van der Waals surface area contributed by atoms with Gasteiger partial charge in [-0.3, -0.25) is 4.79 Å². The van der Waals surface area contributed by atoms with Gasteiger partial charge in [0, 0.05) is 30.9 Å². The molecule has 1 fully saturated rings. The summed E-state index contributed by atoms with van der Waals surface area (Å²) in [7, 11) is 3.16. The molecule has 1 aromatic heterocycles. The number of methoxy groups -OCH3 is 2. The summed E-state index contributed by atoms with van der Waals surface area (Å²) in [6.45, 7) is 8.19. The van der Waals surface area contributed by atoms with Gasteiger partial charge in [0.1, 0.15) is 6.54 Å². The van der Waals surface area contributed by atoms with Crippen LogP contribution in [0, 0.1) is 12.8 Å². The molecular weight excluding hydrogens is 444 g/mol. The van der Waals surface area contributed by atoms with Gasteiger partial charge in [0.15, 0.2) is 11.5 Å². The number of amides is 1. The van der Waals surface area contributed by atoms with Gasteiger partial charge in [0.2, 0.25) is 17.6 Å². The largest absolute Gasteiger partial charge is 0.493 e. The fraction of sp³-hybridized carbons (Fsp3) is 0.370. The van der Waals surface area contributed by atoms with Gasteiger partial charge in [0.25, 0.3) is 0 Å². The van der Waals surface area contributed by atoms with Gasteiger partial charge in [-0.2, -0.15) is 4.98 Å². The molecule has 0 saturated carbocycles. The number of piperidine rings is 1. The number of nitrogens with zero attached hydrogens (tertiary/aromatic N) is 4. The summed E-state index contributed by atoms with van der Waals surface area (Å²) in [5.41, 5.74) is 3.11. The highest BCUT2D eigenvalue weighted by molar-refractivity contribution is 5.80. The summed E-state index contributed by atoms with van der Waals surface area (Å²) in [6, 6.07) is 13.9. The number of carbonyl (C=O) groups is 1. The summed E-state index contributed by atoms with van der Waals surface area (Å²) in [5, 5.41) is 4.11. The molecule has 2 heterocycles. The number of carbonyl (C=O) groups excluding carboxylic acids is 1. The molecular formula is C27H32N4O4. The Bertz CT molecular complexity index is 1160. The summed E-state index contributed by atoms with van der Waals surface area (Å²) in [5.74, 6) is 1.97. The van der Waals surface area contributed by atoms with Crippen molar-refractivity contribution in [2.75, 3.05) is 38.8 Å². The van der Waals surface area contributed by atoms with Crippen molar-refractivity contribution in [3.8, 4) is 22.9 Å². The number of anilines is 1. The maximum atomic E-state index is 13.5. The second kappa shape index (κ2) is 11.1. The van der Waals surface area contributed by atoms with Gasteiger partial charge in [0.05, 0.1) is 20.1 Å². The third-order valence-electron chi connectivity index (χ3n) is 6.27. The van der Waals surface area contributed by atoms with E-state index in [1.807, 2.05) is 6.07 Å². The van der Waals surface area contributed by atoms with E-state index in [0.29, 0.717) is 36.3 Å². The number of hydrogen-bond acceptors (Lipinski definition) is 7. The molecule has 0 N–H and O–H groups in total. The number of rotatable bonds is 9. The highest BCUT2D eigenvalue weighted by Gasteiger charge is 2.30. The van der Waals surface area contributed by atoms with E-state index in [2.05, 4.69) is 52.8 Å². The van der Waals surface area contributed by atoms with Crippen molar-refractivity contribution >= 4 is 11.6 Å². The zero-order valence-corrected chi connectivity index (χ0v) is 20.6. The minimum absolute atomic E-state index is 0.0765. The lowest BCUT2D eigenvalue weighted by atomic mass is 9.95. The third kappa shape index (κ3) is 5.65. The third-order valence-corrected chi connectivity index (χ3v) is 6.27. The van der Waals surface area contributed by atoms with Crippen molar-refractivity contribution in [2.24, 2.45) is 5.92 Å². The standard InChI is InChI=1S/C27H32N4O4/c1-5-14-31(27(32)21-7-6-15-30(17-21)22-11-8-19(2)9-12-22)18-25-28-26(29-35-25)20-10-13-23(33-3)24(16-20)34-4/h5,8-13,16,21H,1,6-7,14-15,17-18H2,2-4H3/t21-/m0/s1. The van der Waals surface area contributed by atoms with Gasteiger partial charge < -0.3 is 23.8 Å². The van der Waals surface area contributed by atoms with E-state index in [1.54, 1.807) is 37.3 Å². The molecule has 3 aromatic rings. The zero-order valence-electron chi connectivity index (χ0n) is 20.6. The minimum atomic E-state index is -0.0988. The molecule has 0 spiro atoms. The quantitative estimate of drug-likeness (QED) is 0.421. The second-order valence-electron chi connectivity index (χ2n) is 8.71. The van der Waals surface area contributed by atoms with E-state index < -0.39 is 0 Å². The molecule has 1 amide bonds. The van der Waals surface area contributed by atoms with Crippen LogP contribution in [0.3, 0.4) is 0 Å². The van der Waals surface area contributed by atoms with Crippen molar-refractivity contribution in [1.29, 1.82) is 0 Å². The summed E-state index contributed by atoms with van der Waals surface area (Å²) >= 11 is 0. The lowest BCUT2D eigenvalue weighted by Crippen LogP contribution is -2.44. The zero-order chi connectivity index (χ0) is 24.8.